The van der Waals surface area contributed by atoms with Crippen LogP contribution in [0.15, 0.2) is 23.2 Å². The molecule has 2 N–H and O–H groups in total. The second-order valence-corrected chi connectivity index (χ2v) is 4.83. The Labute approximate surface area is 137 Å². The van der Waals surface area contributed by atoms with Crippen LogP contribution in [-0.4, -0.2) is 46.7 Å². The van der Waals surface area contributed by atoms with Gasteiger partial charge in [0.05, 0.1) is 18.3 Å². The molecule has 6 heteroatoms. The van der Waals surface area contributed by atoms with Crippen LogP contribution in [0.25, 0.3) is 0 Å². The lowest BCUT2D eigenvalue weighted by Crippen LogP contribution is -2.40. The van der Waals surface area contributed by atoms with E-state index in [2.05, 4.69) is 20.2 Å². The van der Waals surface area contributed by atoms with E-state index in [1.165, 1.54) is 0 Å². The molecule has 1 aromatic rings. The van der Waals surface area contributed by atoms with Crippen molar-refractivity contribution in [1.29, 1.82) is 0 Å². The average molecular weight is 390 g/mol. The van der Waals surface area contributed by atoms with Gasteiger partial charge in [-0.3, -0.25) is 4.98 Å². The predicted molar refractivity (Wildman–Crippen MR) is 91.4 cm³/mol. The van der Waals surface area contributed by atoms with Crippen molar-refractivity contribution in [1.82, 2.24) is 15.2 Å². The molecule has 20 heavy (non-hydrogen) atoms. The first-order valence-electron chi connectivity index (χ1n) is 6.83. The zero-order valence-corrected chi connectivity index (χ0v) is 14.4. The second-order valence-electron chi connectivity index (χ2n) is 4.83. The number of hydrogen-bond acceptors (Lipinski definition) is 3. The molecular formula is C14H23IN4O. The van der Waals surface area contributed by atoms with Gasteiger partial charge in [0.25, 0.3) is 0 Å². The van der Waals surface area contributed by atoms with E-state index in [9.17, 15) is 5.11 Å². The molecule has 1 aliphatic heterocycles. The van der Waals surface area contributed by atoms with Crippen molar-refractivity contribution >= 4 is 29.9 Å². The van der Waals surface area contributed by atoms with Crippen LogP contribution < -0.4 is 5.32 Å². The van der Waals surface area contributed by atoms with E-state index in [0.29, 0.717) is 13.1 Å². The monoisotopic (exact) mass is 390 g/mol. The maximum Gasteiger partial charge on any atom is 0.194 e. The fourth-order valence-electron chi connectivity index (χ4n) is 2.20. The van der Waals surface area contributed by atoms with Gasteiger partial charge in [0.15, 0.2) is 5.96 Å². The summed E-state index contributed by atoms with van der Waals surface area (Å²) in [6.07, 6.45) is 0.577. The highest BCUT2D eigenvalue weighted by molar-refractivity contribution is 14.0. The Bertz CT molecular complexity index is 453. The zero-order valence-electron chi connectivity index (χ0n) is 12.0. The molecule has 0 aliphatic carbocycles. The number of aliphatic hydroxyl groups excluding tert-OH is 1. The van der Waals surface area contributed by atoms with E-state index in [4.69, 9.17) is 0 Å². The molecular weight excluding hydrogens is 367 g/mol. The van der Waals surface area contributed by atoms with Gasteiger partial charge in [-0.25, -0.2) is 4.99 Å². The molecule has 1 aliphatic rings. The molecule has 1 saturated heterocycles. The molecule has 112 valence electrons. The fraction of sp³-hybridized carbons (Fsp3) is 0.571. The lowest BCUT2D eigenvalue weighted by atomic mass is 10.3. The number of aromatic nitrogens is 1. The highest BCUT2D eigenvalue weighted by atomic mass is 127. The third-order valence-electron chi connectivity index (χ3n) is 3.13. The fourth-order valence-corrected chi connectivity index (χ4v) is 2.20. The molecule has 0 saturated carbocycles. The van der Waals surface area contributed by atoms with Gasteiger partial charge in [0.1, 0.15) is 0 Å². The molecule has 2 rings (SSSR count). The van der Waals surface area contributed by atoms with Gasteiger partial charge < -0.3 is 15.3 Å². The van der Waals surface area contributed by atoms with Crippen LogP contribution in [0, 0.1) is 6.92 Å². The van der Waals surface area contributed by atoms with Crippen molar-refractivity contribution in [3.8, 4) is 0 Å². The summed E-state index contributed by atoms with van der Waals surface area (Å²) in [6.45, 7) is 6.94. The van der Waals surface area contributed by atoms with Crippen LogP contribution in [-0.2, 0) is 6.54 Å². The molecule has 0 radical (unpaired) electrons. The predicted octanol–water partition coefficient (Wildman–Crippen LogP) is 1.54. The van der Waals surface area contributed by atoms with Crippen molar-refractivity contribution in [3.05, 3.63) is 29.6 Å². The summed E-state index contributed by atoms with van der Waals surface area (Å²) < 4.78 is 0. The molecule has 0 amide bonds. The topological polar surface area (TPSA) is 60.8 Å². The number of nitrogens with one attached hydrogen (secondary N) is 1. The van der Waals surface area contributed by atoms with Crippen LogP contribution in [0.3, 0.4) is 0 Å². The number of guanidine groups is 1. The number of aliphatic imine (C=N–C) groups is 1. The summed E-state index contributed by atoms with van der Waals surface area (Å²) in [5.74, 6) is 0.863. The van der Waals surface area contributed by atoms with Gasteiger partial charge in [-0.1, -0.05) is 6.07 Å². The van der Waals surface area contributed by atoms with E-state index in [1.807, 2.05) is 32.0 Å². The third-order valence-corrected chi connectivity index (χ3v) is 3.13. The molecule has 0 aromatic carbocycles. The van der Waals surface area contributed by atoms with E-state index < -0.39 is 0 Å². The summed E-state index contributed by atoms with van der Waals surface area (Å²) in [4.78, 5) is 11.1. The van der Waals surface area contributed by atoms with Gasteiger partial charge in [-0.15, -0.1) is 24.0 Å². The Kier molecular flexibility index (Phi) is 7.22. The smallest absolute Gasteiger partial charge is 0.194 e. The van der Waals surface area contributed by atoms with E-state index in [0.717, 1.165) is 36.9 Å². The molecule has 1 atom stereocenters. The molecule has 1 fully saturated rings. The highest BCUT2D eigenvalue weighted by Crippen LogP contribution is 2.09. The quantitative estimate of drug-likeness (QED) is 0.467. The van der Waals surface area contributed by atoms with Gasteiger partial charge >= 0.3 is 0 Å². The lowest BCUT2D eigenvalue weighted by Gasteiger charge is -2.20. The largest absolute Gasteiger partial charge is 0.391 e. The number of β-amino-alcohol motifs (C(OH)–C–C–N with tert-alkyl or cyclic N) is 1. The number of pyridine rings is 1. The van der Waals surface area contributed by atoms with Crippen molar-refractivity contribution in [3.63, 3.8) is 0 Å². The van der Waals surface area contributed by atoms with Gasteiger partial charge in [-0.2, -0.15) is 0 Å². The number of likely N-dealkylation sites (tertiary alicyclic amines) is 1. The number of nitrogens with zero attached hydrogens (tertiary/aromatic N) is 3. The summed E-state index contributed by atoms with van der Waals surface area (Å²) in [7, 11) is 0. The number of aryl methyl sites for hydroxylation is 1. The second kappa shape index (κ2) is 8.41. The zero-order chi connectivity index (χ0) is 13.7. The van der Waals surface area contributed by atoms with E-state index in [1.54, 1.807) is 0 Å². The van der Waals surface area contributed by atoms with Crippen LogP contribution in [0.5, 0.6) is 0 Å². The first kappa shape index (κ1) is 17.2. The summed E-state index contributed by atoms with van der Waals surface area (Å²) >= 11 is 0. The third kappa shape index (κ3) is 4.90. The van der Waals surface area contributed by atoms with Gasteiger partial charge in [0, 0.05) is 25.3 Å². The minimum Gasteiger partial charge on any atom is -0.391 e. The van der Waals surface area contributed by atoms with Crippen molar-refractivity contribution < 1.29 is 5.11 Å². The number of aliphatic hydroxyl groups is 1. The minimum atomic E-state index is -0.235. The van der Waals surface area contributed by atoms with E-state index in [-0.39, 0.29) is 30.1 Å². The number of hydrogen-bond donors (Lipinski definition) is 2. The van der Waals surface area contributed by atoms with Crippen LogP contribution in [0.1, 0.15) is 24.7 Å². The molecule has 5 nitrogen and oxygen atoms in total. The summed E-state index contributed by atoms with van der Waals surface area (Å²) in [5, 5.41) is 12.9. The highest BCUT2D eigenvalue weighted by Gasteiger charge is 2.22. The SMILES string of the molecule is CCNC(=NCc1cccc(C)n1)N1CC[C@@H](O)C1.I. The number of halogens is 1. The lowest BCUT2D eigenvalue weighted by molar-refractivity contribution is 0.188. The molecule has 0 bridgehead atoms. The maximum atomic E-state index is 9.60. The Morgan fingerprint density at radius 2 is 2.35 bits per heavy atom. The average Bonchev–Trinajstić information content (AvgIpc) is 2.81. The summed E-state index contributed by atoms with van der Waals surface area (Å²) in [6, 6.07) is 5.97. The number of rotatable bonds is 3. The normalized spacial score (nSPS) is 18.9. The summed E-state index contributed by atoms with van der Waals surface area (Å²) in [5.41, 5.74) is 1.98. The van der Waals surface area contributed by atoms with Crippen molar-refractivity contribution in [2.75, 3.05) is 19.6 Å². The molecule has 2 heterocycles. The molecule has 1 aromatic heterocycles. The first-order valence-corrected chi connectivity index (χ1v) is 6.83. The molecule has 0 unspecified atom stereocenters. The Hall–Kier alpha value is -0.890. The standard InChI is InChI=1S/C14H22N4O.HI/c1-3-15-14(18-8-7-13(19)10-18)16-9-12-6-4-5-11(2)17-12;/h4-6,13,19H,3,7-10H2,1-2H3,(H,15,16);1H/t13-;/m1./s1. The molecule has 0 spiro atoms. The van der Waals surface area contributed by atoms with Crippen LogP contribution in [0.2, 0.25) is 0 Å². The van der Waals surface area contributed by atoms with Gasteiger partial charge in [-0.05, 0) is 32.4 Å². The maximum absolute atomic E-state index is 9.60. The van der Waals surface area contributed by atoms with Crippen LogP contribution >= 0.6 is 24.0 Å². The van der Waals surface area contributed by atoms with Gasteiger partial charge in [0.2, 0.25) is 0 Å². The first-order chi connectivity index (χ1) is 9.19. The Morgan fingerprint density at radius 3 is 2.95 bits per heavy atom. The van der Waals surface area contributed by atoms with Crippen molar-refractivity contribution in [2.45, 2.75) is 32.9 Å². The Morgan fingerprint density at radius 1 is 1.55 bits per heavy atom. The van der Waals surface area contributed by atoms with E-state index >= 15 is 0 Å². The van der Waals surface area contributed by atoms with Crippen LogP contribution in [0.4, 0.5) is 0 Å². The Balaban J connectivity index is 0.00000200. The minimum absolute atomic E-state index is 0. The van der Waals surface area contributed by atoms with Crippen molar-refractivity contribution in [2.24, 2.45) is 4.99 Å².